The van der Waals surface area contributed by atoms with Crippen molar-refractivity contribution in [1.82, 2.24) is 0 Å². The molecule has 0 aliphatic rings. The van der Waals surface area contributed by atoms with Gasteiger partial charge in [-0.25, -0.2) is 9.79 Å². The largest absolute Gasteiger partial charge is 0.234 e. The van der Waals surface area contributed by atoms with Crippen molar-refractivity contribution in [1.29, 1.82) is 0 Å². The average molecular weight is 322 g/mol. The lowest BCUT2D eigenvalue weighted by Crippen LogP contribution is -1.83. The third-order valence-corrected chi connectivity index (χ3v) is 4.35. The van der Waals surface area contributed by atoms with Gasteiger partial charge in [-0.3, -0.25) is 0 Å². The van der Waals surface area contributed by atoms with Gasteiger partial charge < -0.3 is 0 Å². The molecule has 0 fully saturated rings. The van der Waals surface area contributed by atoms with Crippen molar-refractivity contribution in [3.05, 3.63) is 12.2 Å². The van der Waals surface area contributed by atoms with Gasteiger partial charge >= 0.3 is 0 Å². The van der Waals surface area contributed by atoms with Crippen molar-refractivity contribution in [2.45, 2.75) is 110 Å². The second-order valence-corrected chi connectivity index (χ2v) is 6.62. The summed E-state index contributed by atoms with van der Waals surface area (Å²) in [6.07, 6.45) is 27.6. The number of rotatable bonds is 18. The summed E-state index contributed by atoms with van der Waals surface area (Å²) in [7, 11) is 0. The number of hydrogen-bond acceptors (Lipinski definition) is 2. The number of hydrogen-bond donors (Lipinski definition) is 0. The normalized spacial score (nSPS) is 11.0. The zero-order valence-electron chi connectivity index (χ0n) is 15.5. The molecule has 0 rings (SSSR count). The van der Waals surface area contributed by atoms with E-state index in [-0.39, 0.29) is 0 Å². The van der Waals surface area contributed by atoms with Crippen LogP contribution in [0.4, 0.5) is 0 Å². The Labute approximate surface area is 144 Å². The Kier molecular flexibility index (Phi) is 20.3. The van der Waals surface area contributed by atoms with Crippen LogP contribution in [0.3, 0.4) is 0 Å². The standard InChI is InChI=1S/C21H39NO/c1-2-3-4-5-6-7-8-9-10-11-12-13-14-15-16-17-18-19-20-22-21-23/h11-12H,2-10,13-20H2,1H3/b12-11-. The lowest BCUT2D eigenvalue weighted by Gasteiger charge is -2.00. The van der Waals surface area contributed by atoms with Crippen LogP contribution in [-0.2, 0) is 4.79 Å². The van der Waals surface area contributed by atoms with Gasteiger partial charge in [0.15, 0.2) is 0 Å². The predicted molar refractivity (Wildman–Crippen MR) is 102 cm³/mol. The fraction of sp³-hybridized carbons (Fsp3) is 0.857. The van der Waals surface area contributed by atoms with Crippen molar-refractivity contribution >= 4 is 6.08 Å². The molecular weight excluding hydrogens is 282 g/mol. The van der Waals surface area contributed by atoms with Gasteiger partial charge in [0.2, 0.25) is 6.08 Å². The SMILES string of the molecule is CCCCCCCCCC/C=C\CCCCCCCCN=C=O. The summed E-state index contributed by atoms with van der Waals surface area (Å²) >= 11 is 0. The molecule has 0 atom stereocenters. The molecule has 0 aromatic rings. The van der Waals surface area contributed by atoms with Crippen LogP contribution in [-0.4, -0.2) is 12.6 Å². The lowest BCUT2D eigenvalue weighted by atomic mass is 10.1. The maximum atomic E-state index is 9.89. The molecule has 23 heavy (non-hydrogen) atoms. The maximum Gasteiger partial charge on any atom is 0.234 e. The number of isocyanates is 1. The van der Waals surface area contributed by atoms with Crippen LogP contribution in [0.2, 0.25) is 0 Å². The molecule has 0 bridgehead atoms. The van der Waals surface area contributed by atoms with Crippen LogP contribution in [0.25, 0.3) is 0 Å². The first kappa shape index (κ1) is 22.1. The summed E-state index contributed by atoms with van der Waals surface area (Å²) in [6, 6.07) is 0. The minimum absolute atomic E-state index is 0.658. The van der Waals surface area contributed by atoms with Crippen LogP contribution in [0, 0.1) is 0 Å². The zero-order valence-corrected chi connectivity index (χ0v) is 15.5. The summed E-state index contributed by atoms with van der Waals surface area (Å²) in [5, 5.41) is 0. The van der Waals surface area contributed by atoms with Gasteiger partial charge in [0.05, 0.1) is 6.54 Å². The summed E-state index contributed by atoms with van der Waals surface area (Å²) in [6.45, 7) is 2.94. The molecule has 0 saturated heterocycles. The number of aliphatic imine (C=N–C) groups is 1. The second-order valence-electron chi connectivity index (χ2n) is 6.62. The Hall–Kier alpha value is -0.880. The molecule has 0 aliphatic carbocycles. The van der Waals surface area contributed by atoms with E-state index in [1.807, 2.05) is 0 Å². The number of unbranched alkanes of at least 4 members (excludes halogenated alkanes) is 14. The van der Waals surface area contributed by atoms with Gasteiger partial charge in [0.25, 0.3) is 0 Å². The van der Waals surface area contributed by atoms with Crippen LogP contribution in [0.15, 0.2) is 17.1 Å². The molecule has 0 aromatic heterocycles. The van der Waals surface area contributed by atoms with Gasteiger partial charge in [-0.15, -0.1) is 0 Å². The molecule has 2 nitrogen and oxygen atoms in total. The van der Waals surface area contributed by atoms with E-state index in [1.165, 1.54) is 96.3 Å². The maximum absolute atomic E-state index is 9.89. The quantitative estimate of drug-likeness (QED) is 0.114. The first-order valence-corrected chi connectivity index (χ1v) is 10.1. The molecule has 0 unspecified atom stereocenters. The van der Waals surface area contributed by atoms with Crippen molar-refractivity contribution in [2.75, 3.05) is 6.54 Å². The molecule has 0 aliphatic heterocycles. The van der Waals surface area contributed by atoms with Gasteiger partial charge in [-0.2, -0.15) is 0 Å². The topological polar surface area (TPSA) is 29.4 Å². The van der Waals surface area contributed by atoms with Gasteiger partial charge in [-0.1, -0.05) is 89.7 Å². The molecule has 0 aromatic carbocycles. The van der Waals surface area contributed by atoms with E-state index in [1.54, 1.807) is 6.08 Å². The molecule has 0 spiro atoms. The van der Waals surface area contributed by atoms with E-state index in [0.29, 0.717) is 6.54 Å². The smallest absolute Gasteiger partial charge is 0.211 e. The number of carbonyl (C=O) groups excluding carboxylic acids is 1. The van der Waals surface area contributed by atoms with E-state index in [0.717, 1.165) is 6.42 Å². The van der Waals surface area contributed by atoms with Crippen LogP contribution in [0.1, 0.15) is 110 Å². The van der Waals surface area contributed by atoms with E-state index < -0.39 is 0 Å². The van der Waals surface area contributed by atoms with E-state index in [4.69, 9.17) is 0 Å². The van der Waals surface area contributed by atoms with Crippen molar-refractivity contribution in [2.24, 2.45) is 4.99 Å². The minimum atomic E-state index is 0.658. The Bertz CT molecular complexity index is 292. The van der Waals surface area contributed by atoms with Crippen molar-refractivity contribution in [3.8, 4) is 0 Å². The van der Waals surface area contributed by atoms with E-state index >= 15 is 0 Å². The van der Waals surface area contributed by atoms with Crippen molar-refractivity contribution < 1.29 is 4.79 Å². The molecule has 0 radical (unpaired) electrons. The highest BCUT2D eigenvalue weighted by Crippen LogP contribution is 2.11. The third kappa shape index (κ3) is 21.1. The molecule has 134 valence electrons. The van der Waals surface area contributed by atoms with Gasteiger partial charge in [0, 0.05) is 0 Å². The van der Waals surface area contributed by atoms with Crippen LogP contribution < -0.4 is 0 Å². The van der Waals surface area contributed by atoms with Gasteiger partial charge in [0.1, 0.15) is 0 Å². The molecule has 0 saturated carbocycles. The Morgan fingerprint density at radius 3 is 1.57 bits per heavy atom. The van der Waals surface area contributed by atoms with Gasteiger partial charge in [-0.05, 0) is 32.1 Å². The second kappa shape index (κ2) is 21.1. The Morgan fingerprint density at radius 1 is 0.652 bits per heavy atom. The fourth-order valence-corrected chi connectivity index (χ4v) is 2.84. The van der Waals surface area contributed by atoms with Crippen LogP contribution in [0.5, 0.6) is 0 Å². The monoisotopic (exact) mass is 321 g/mol. The van der Waals surface area contributed by atoms with Crippen molar-refractivity contribution in [3.63, 3.8) is 0 Å². The molecule has 0 heterocycles. The highest BCUT2D eigenvalue weighted by Gasteiger charge is 1.91. The molecule has 2 heteroatoms. The lowest BCUT2D eigenvalue weighted by molar-refractivity contribution is 0.559. The first-order chi connectivity index (χ1) is 11.4. The van der Waals surface area contributed by atoms with E-state index in [9.17, 15) is 4.79 Å². The average Bonchev–Trinajstić information content (AvgIpc) is 2.57. The number of allylic oxidation sites excluding steroid dienone is 2. The summed E-state index contributed by atoms with van der Waals surface area (Å²) in [5.74, 6) is 0. The van der Waals surface area contributed by atoms with E-state index in [2.05, 4.69) is 24.1 Å². The summed E-state index contributed by atoms with van der Waals surface area (Å²) in [5.41, 5.74) is 0. The minimum Gasteiger partial charge on any atom is -0.211 e. The number of nitrogens with zero attached hydrogens (tertiary/aromatic N) is 1. The molecular formula is C21H39NO. The first-order valence-electron chi connectivity index (χ1n) is 10.1. The molecule has 0 amide bonds. The fourth-order valence-electron chi connectivity index (χ4n) is 2.84. The third-order valence-electron chi connectivity index (χ3n) is 4.35. The highest BCUT2D eigenvalue weighted by molar-refractivity contribution is 5.32. The predicted octanol–water partition coefficient (Wildman–Crippen LogP) is 7.14. The summed E-state index contributed by atoms with van der Waals surface area (Å²) in [4.78, 5) is 13.5. The zero-order chi connectivity index (χ0) is 16.8. The molecule has 0 N–H and O–H groups in total. The Balaban J connectivity index is 3.07. The highest BCUT2D eigenvalue weighted by atomic mass is 16.1. The Morgan fingerprint density at radius 2 is 1.09 bits per heavy atom. The summed E-state index contributed by atoms with van der Waals surface area (Å²) < 4.78 is 0. The van der Waals surface area contributed by atoms with Crippen LogP contribution >= 0.6 is 0 Å².